The Hall–Kier alpha value is -3.03. The van der Waals surface area contributed by atoms with Gasteiger partial charge in [-0.15, -0.1) is 11.3 Å². The summed E-state index contributed by atoms with van der Waals surface area (Å²) in [5, 5.41) is 5.34. The number of hydrogen-bond acceptors (Lipinski definition) is 6. The molecule has 4 rings (SSSR count). The molecule has 0 bridgehead atoms. The van der Waals surface area contributed by atoms with Crippen molar-refractivity contribution in [2.24, 2.45) is 5.41 Å². The van der Waals surface area contributed by atoms with Crippen molar-refractivity contribution in [2.75, 3.05) is 11.9 Å². The Bertz CT molecular complexity index is 1040. The quantitative estimate of drug-likeness (QED) is 0.404. The number of carbonyl (C=O) groups excluding carboxylic acids is 2. The Labute approximate surface area is 191 Å². The number of ether oxygens (including phenoxy) is 2. The van der Waals surface area contributed by atoms with E-state index in [1.165, 1.54) is 11.3 Å². The molecule has 2 aromatic carbocycles. The molecule has 2 atom stereocenters. The summed E-state index contributed by atoms with van der Waals surface area (Å²) in [6, 6.07) is 17.3. The average Bonchev–Trinajstić information content (AvgIpc) is 3.50. The minimum Gasteiger partial charge on any atom is -0.425 e. The van der Waals surface area contributed by atoms with E-state index in [2.05, 4.69) is 10.3 Å². The van der Waals surface area contributed by atoms with E-state index in [1.54, 1.807) is 18.3 Å². The molecule has 32 heavy (non-hydrogen) atoms. The minimum atomic E-state index is -0.775. The molecule has 1 saturated heterocycles. The number of carbonyl (C=O) groups is 2. The van der Waals surface area contributed by atoms with Crippen LogP contribution in [0.1, 0.15) is 43.7 Å². The van der Waals surface area contributed by atoms with Crippen LogP contribution >= 0.6 is 11.3 Å². The number of rotatable bonds is 7. The summed E-state index contributed by atoms with van der Waals surface area (Å²) in [6.07, 6.45) is 2.74. The van der Waals surface area contributed by atoms with Crippen molar-refractivity contribution in [1.82, 2.24) is 4.98 Å². The van der Waals surface area contributed by atoms with Crippen molar-refractivity contribution < 1.29 is 19.1 Å². The third kappa shape index (κ3) is 4.89. The number of nitrogens with one attached hydrogen (secondary N) is 1. The highest BCUT2D eigenvalue weighted by Crippen LogP contribution is 2.42. The summed E-state index contributed by atoms with van der Waals surface area (Å²) in [4.78, 5) is 29.7. The second-order valence-electron chi connectivity index (χ2n) is 8.35. The van der Waals surface area contributed by atoms with E-state index >= 15 is 0 Å². The topological polar surface area (TPSA) is 77.5 Å². The van der Waals surface area contributed by atoms with Crippen molar-refractivity contribution in [1.29, 1.82) is 0 Å². The lowest BCUT2D eigenvalue weighted by Crippen LogP contribution is -2.37. The first kappa shape index (κ1) is 22.2. The number of esters is 1. The number of benzene rings is 2. The van der Waals surface area contributed by atoms with Crippen molar-refractivity contribution in [3.63, 3.8) is 0 Å². The average molecular weight is 451 g/mol. The van der Waals surface area contributed by atoms with Crippen LogP contribution in [0.5, 0.6) is 5.75 Å². The van der Waals surface area contributed by atoms with Crippen LogP contribution in [0.25, 0.3) is 0 Å². The first-order valence-corrected chi connectivity index (χ1v) is 11.5. The van der Waals surface area contributed by atoms with Crippen molar-refractivity contribution >= 4 is 28.3 Å². The zero-order valence-electron chi connectivity index (χ0n) is 18.1. The molecule has 0 radical (unpaired) electrons. The van der Waals surface area contributed by atoms with Gasteiger partial charge in [-0.05, 0) is 36.1 Å². The van der Waals surface area contributed by atoms with Gasteiger partial charge in [0, 0.05) is 24.1 Å². The maximum atomic E-state index is 13.3. The van der Waals surface area contributed by atoms with Gasteiger partial charge in [0.1, 0.15) is 5.75 Å². The molecule has 1 aliphatic rings. The lowest BCUT2D eigenvalue weighted by Gasteiger charge is -2.33. The van der Waals surface area contributed by atoms with Crippen LogP contribution in [0, 0.1) is 5.41 Å². The molecule has 3 aromatic rings. The molecular formula is C25H26N2O4S. The third-order valence-electron chi connectivity index (χ3n) is 5.72. The lowest BCUT2D eigenvalue weighted by atomic mass is 9.70. The number of thiazole rings is 1. The van der Waals surface area contributed by atoms with Gasteiger partial charge in [0.2, 0.25) is 5.91 Å². The smallest absolute Gasteiger partial charge is 0.340 e. The lowest BCUT2D eigenvalue weighted by molar-refractivity contribution is -0.144. The van der Waals surface area contributed by atoms with E-state index in [0.29, 0.717) is 23.9 Å². The molecule has 7 heteroatoms. The maximum Gasteiger partial charge on any atom is 0.340 e. The Balaban J connectivity index is 1.59. The molecule has 1 aliphatic heterocycles. The molecule has 166 valence electrons. The normalized spacial score (nSPS) is 17.0. The van der Waals surface area contributed by atoms with Gasteiger partial charge >= 0.3 is 5.97 Å². The van der Waals surface area contributed by atoms with Gasteiger partial charge in [-0.2, -0.15) is 0 Å². The van der Waals surface area contributed by atoms with Crippen LogP contribution in [0.3, 0.4) is 0 Å². The van der Waals surface area contributed by atoms with Crippen LogP contribution in [-0.2, 0) is 14.3 Å². The van der Waals surface area contributed by atoms with Crippen LogP contribution < -0.4 is 10.1 Å². The number of anilines is 1. The van der Waals surface area contributed by atoms with E-state index < -0.39 is 11.5 Å². The van der Waals surface area contributed by atoms with Crippen LogP contribution in [0.2, 0.25) is 0 Å². The van der Waals surface area contributed by atoms with Crippen LogP contribution in [0.15, 0.2) is 66.2 Å². The van der Waals surface area contributed by atoms with E-state index in [0.717, 1.165) is 17.5 Å². The number of amides is 1. The molecule has 2 heterocycles. The Morgan fingerprint density at radius 2 is 1.84 bits per heavy atom. The van der Waals surface area contributed by atoms with Crippen molar-refractivity contribution in [3.8, 4) is 5.75 Å². The number of aromatic nitrogens is 1. The molecule has 6 nitrogen and oxygen atoms in total. The minimum absolute atomic E-state index is 0.116. The van der Waals surface area contributed by atoms with Gasteiger partial charge in [-0.3, -0.25) is 4.79 Å². The highest BCUT2D eigenvalue weighted by molar-refractivity contribution is 7.13. The Morgan fingerprint density at radius 3 is 2.47 bits per heavy atom. The molecule has 1 aromatic heterocycles. The number of nitrogens with zero attached hydrogens (tertiary/aromatic N) is 1. The molecule has 1 fully saturated rings. The fourth-order valence-corrected chi connectivity index (χ4v) is 4.54. The van der Waals surface area contributed by atoms with E-state index in [-0.39, 0.29) is 17.8 Å². The largest absolute Gasteiger partial charge is 0.425 e. The van der Waals surface area contributed by atoms with Crippen molar-refractivity contribution in [2.45, 2.75) is 38.7 Å². The third-order valence-corrected chi connectivity index (χ3v) is 6.41. The van der Waals surface area contributed by atoms with Gasteiger partial charge in [-0.1, -0.05) is 56.3 Å². The maximum absolute atomic E-state index is 13.3. The predicted octanol–water partition coefficient (Wildman–Crippen LogP) is 5.02. The second kappa shape index (κ2) is 9.63. The summed E-state index contributed by atoms with van der Waals surface area (Å²) in [5.74, 6) is -0.231. The Morgan fingerprint density at radius 1 is 1.12 bits per heavy atom. The predicted molar refractivity (Wildman–Crippen MR) is 124 cm³/mol. The fraction of sp³-hybridized carbons (Fsp3) is 0.320. The highest BCUT2D eigenvalue weighted by atomic mass is 32.1. The summed E-state index contributed by atoms with van der Waals surface area (Å²) < 4.78 is 10.9. The zero-order chi connectivity index (χ0) is 22.6. The standard InChI is InChI=1S/C25H26N2O4S/c1-25(2,23(29)27-24-26-14-16-32-24)21(17-7-4-3-5-8-17)18-10-12-19(13-11-18)31-22(28)20-9-6-15-30-20/h3-5,7-8,10-14,16,20-21H,6,9,15H2,1-2H3,(H,26,27,29)/t20?,21-/m0/s1. The summed E-state index contributed by atoms with van der Waals surface area (Å²) in [6.45, 7) is 4.45. The van der Waals surface area contributed by atoms with E-state index in [1.807, 2.05) is 61.7 Å². The van der Waals surface area contributed by atoms with Crippen molar-refractivity contribution in [3.05, 3.63) is 77.3 Å². The first-order valence-electron chi connectivity index (χ1n) is 10.6. The molecule has 0 saturated carbocycles. The molecule has 1 N–H and O–H groups in total. The number of hydrogen-bond donors (Lipinski definition) is 1. The van der Waals surface area contributed by atoms with Gasteiger partial charge in [-0.25, -0.2) is 9.78 Å². The SMILES string of the molecule is CC(C)(C(=O)Nc1nccs1)[C@@H](c1ccccc1)c1ccc(OC(=O)C2CCCO2)cc1. The van der Waals surface area contributed by atoms with E-state index in [4.69, 9.17) is 9.47 Å². The highest BCUT2D eigenvalue weighted by Gasteiger charge is 2.39. The van der Waals surface area contributed by atoms with Crippen LogP contribution in [-0.4, -0.2) is 29.6 Å². The molecule has 0 spiro atoms. The summed E-state index contributed by atoms with van der Waals surface area (Å²) >= 11 is 1.39. The second-order valence-corrected chi connectivity index (χ2v) is 9.24. The van der Waals surface area contributed by atoms with Crippen LogP contribution in [0.4, 0.5) is 5.13 Å². The molecule has 1 amide bonds. The first-order chi connectivity index (χ1) is 15.4. The molecule has 0 aliphatic carbocycles. The fourth-order valence-electron chi connectivity index (χ4n) is 4.02. The summed E-state index contributed by atoms with van der Waals surface area (Å²) in [7, 11) is 0. The Kier molecular flexibility index (Phi) is 6.67. The monoisotopic (exact) mass is 450 g/mol. The van der Waals surface area contributed by atoms with Gasteiger partial charge < -0.3 is 14.8 Å². The molecular weight excluding hydrogens is 424 g/mol. The molecule has 1 unspecified atom stereocenters. The zero-order valence-corrected chi connectivity index (χ0v) is 18.9. The van der Waals surface area contributed by atoms with Gasteiger partial charge in [0.25, 0.3) is 0 Å². The van der Waals surface area contributed by atoms with Gasteiger partial charge in [0.05, 0.1) is 5.41 Å². The van der Waals surface area contributed by atoms with Gasteiger partial charge in [0.15, 0.2) is 11.2 Å². The summed E-state index contributed by atoms with van der Waals surface area (Å²) in [5.41, 5.74) is 1.20. The van der Waals surface area contributed by atoms with E-state index in [9.17, 15) is 9.59 Å².